The lowest BCUT2D eigenvalue weighted by atomic mass is 10.2. The maximum Gasteiger partial charge on any atom is 0.252 e. The van der Waals surface area contributed by atoms with E-state index in [-0.39, 0.29) is 24.0 Å². The molecule has 1 aromatic heterocycles. The number of likely N-dealkylation sites (N-methyl/N-ethyl adjacent to an activating group) is 1. The lowest BCUT2D eigenvalue weighted by Gasteiger charge is -2.16. The van der Waals surface area contributed by atoms with Crippen LogP contribution in [0.4, 0.5) is 0 Å². The van der Waals surface area contributed by atoms with Gasteiger partial charge in [0, 0.05) is 26.7 Å². The van der Waals surface area contributed by atoms with Crippen molar-refractivity contribution in [3.8, 4) is 0 Å². The van der Waals surface area contributed by atoms with E-state index in [1.54, 1.807) is 24.6 Å². The van der Waals surface area contributed by atoms with Gasteiger partial charge >= 0.3 is 0 Å². The van der Waals surface area contributed by atoms with Crippen LogP contribution in [-0.2, 0) is 10.0 Å². The van der Waals surface area contributed by atoms with Crippen molar-refractivity contribution in [1.29, 1.82) is 0 Å². The molecule has 0 spiro atoms. The summed E-state index contributed by atoms with van der Waals surface area (Å²) in [6, 6.07) is 3.32. The zero-order valence-corrected chi connectivity index (χ0v) is 16.4. The van der Waals surface area contributed by atoms with Crippen molar-refractivity contribution < 1.29 is 8.42 Å². The fourth-order valence-corrected chi connectivity index (χ4v) is 3.73. The van der Waals surface area contributed by atoms with Crippen molar-refractivity contribution >= 4 is 51.3 Å². The van der Waals surface area contributed by atoms with Gasteiger partial charge in [0.25, 0.3) is 10.0 Å². The Balaban J connectivity index is 0.00000400. The number of sulfonamides is 1. The van der Waals surface area contributed by atoms with Crippen molar-refractivity contribution in [2.24, 2.45) is 16.6 Å². The standard InChI is InChI=1S/C12H22N4O2S2.HI/c1-10(2)9-15-12(13)14-6-7-16(3)20(17,18)11-5-4-8-19-11;/h4-5,8,10H,6-7,9H2,1-3H3,(H3,13,14,15);1H. The van der Waals surface area contributed by atoms with Gasteiger partial charge in [-0.1, -0.05) is 19.9 Å². The van der Waals surface area contributed by atoms with E-state index in [4.69, 9.17) is 5.73 Å². The highest BCUT2D eigenvalue weighted by molar-refractivity contribution is 14.0. The third-order valence-corrected chi connectivity index (χ3v) is 5.75. The number of nitrogens with two attached hydrogens (primary N) is 1. The van der Waals surface area contributed by atoms with Crippen LogP contribution in [0, 0.1) is 5.92 Å². The van der Waals surface area contributed by atoms with E-state index < -0.39 is 10.0 Å². The molecule has 0 unspecified atom stereocenters. The van der Waals surface area contributed by atoms with Crippen molar-refractivity contribution in [3.63, 3.8) is 0 Å². The number of nitrogens with zero attached hydrogens (tertiary/aromatic N) is 2. The summed E-state index contributed by atoms with van der Waals surface area (Å²) in [5, 5.41) is 4.66. The fraction of sp³-hybridized carbons (Fsp3) is 0.583. The van der Waals surface area contributed by atoms with Gasteiger partial charge in [-0.25, -0.2) is 8.42 Å². The Bertz CT molecular complexity index is 529. The molecular weight excluding hydrogens is 423 g/mol. The van der Waals surface area contributed by atoms with Gasteiger partial charge in [0.2, 0.25) is 0 Å². The highest BCUT2D eigenvalue weighted by Crippen LogP contribution is 2.19. The Morgan fingerprint density at radius 3 is 2.71 bits per heavy atom. The van der Waals surface area contributed by atoms with Gasteiger partial charge in [-0.2, -0.15) is 4.31 Å². The molecule has 0 amide bonds. The van der Waals surface area contributed by atoms with Gasteiger partial charge in [-0.05, 0) is 17.4 Å². The monoisotopic (exact) mass is 446 g/mol. The van der Waals surface area contributed by atoms with Crippen LogP contribution in [-0.4, -0.2) is 45.4 Å². The second-order valence-electron chi connectivity index (χ2n) is 4.81. The van der Waals surface area contributed by atoms with Crippen LogP contribution in [0.1, 0.15) is 13.8 Å². The first-order chi connectivity index (χ1) is 9.34. The third-order valence-electron chi connectivity index (χ3n) is 2.52. The molecule has 1 aromatic rings. The van der Waals surface area contributed by atoms with Crippen LogP contribution in [0.15, 0.2) is 26.7 Å². The molecule has 0 saturated carbocycles. The van der Waals surface area contributed by atoms with Crippen LogP contribution >= 0.6 is 35.3 Å². The molecule has 1 heterocycles. The van der Waals surface area contributed by atoms with Crippen molar-refractivity contribution in [3.05, 3.63) is 17.5 Å². The lowest BCUT2D eigenvalue weighted by molar-refractivity contribution is 0.472. The topological polar surface area (TPSA) is 87.8 Å². The maximum absolute atomic E-state index is 12.1. The Morgan fingerprint density at radius 1 is 1.52 bits per heavy atom. The lowest BCUT2D eigenvalue weighted by Crippen LogP contribution is -2.39. The van der Waals surface area contributed by atoms with Gasteiger partial charge in [0.15, 0.2) is 5.96 Å². The summed E-state index contributed by atoms with van der Waals surface area (Å²) in [7, 11) is -1.83. The summed E-state index contributed by atoms with van der Waals surface area (Å²) in [5.41, 5.74) is 5.68. The van der Waals surface area contributed by atoms with Crippen molar-refractivity contribution in [2.45, 2.75) is 18.1 Å². The summed E-state index contributed by atoms with van der Waals surface area (Å²) in [6.45, 7) is 5.52. The Morgan fingerprint density at radius 2 is 2.19 bits per heavy atom. The van der Waals surface area contributed by atoms with E-state index in [9.17, 15) is 8.42 Å². The van der Waals surface area contributed by atoms with Gasteiger partial charge in [-0.3, -0.25) is 4.99 Å². The minimum atomic E-state index is -3.39. The van der Waals surface area contributed by atoms with E-state index in [2.05, 4.69) is 24.2 Å². The normalized spacial score (nSPS) is 12.5. The van der Waals surface area contributed by atoms with Crippen LogP contribution in [0.5, 0.6) is 0 Å². The van der Waals surface area contributed by atoms with Crippen molar-refractivity contribution in [1.82, 2.24) is 9.62 Å². The number of hydrogen-bond donors (Lipinski definition) is 2. The Kier molecular flexibility index (Phi) is 9.41. The number of thiophene rings is 1. The average molecular weight is 446 g/mol. The predicted molar refractivity (Wildman–Crippen MR) is 98.9 cm³/mol. The van der Waals surface area contributed by atoms with E-state index in [1.807, 2.05) is 0 Å². The quantitative estimate of drug-likeness (QED) is 0.378. The smallest absolute Gasteiger partial charge is 0.252 e. The first-order valence-corrected chi connectivity index (χ1v) is 8.69. The second kappa shape index (κ2) is 9.59. The summed E-state index contributed by atoms with van der Waals surface area (Å²) in [4.78, 5) is 4.15. The minimum absolute atomic E-state index is 0. The Labute approximate surface area is 147 Å². The van der Waals surface area contributed by atoms with E-state index in [0.29, 0.717) is 35.7 Å². The first-order valence-electron chi connectivity index (χ1n) is 6.37. The highest BCUT2D eigenvalue weighted by Gasteiger charge is 2.20. The van der Waals surface area contributed by atoms with Crippen LogP contribution in [0.2, 0.25) is 0 Å². The fourth-order valence-electron chi connectivity index (χ4n) is 1.36. The summed E-state index contributed by atoms with van der Waals surface area (Å²) in [5.74, 6) is 0.790. The number of halogens is 1. The molecule has 0 atom stereocenters. The molecule has 0 aromatic carbocycles. The molecule has 1 rings (SSSR count). The number of nitrogens with one attached hydrogen (secondary N) is 1. The molecule has 0 aliphatic rings. The molecule has 9 heteroatoms. The van der Waals surface area contributed by atoms with Crippen LogP contribution < -0.4 is 11.1 Å². The zero-order chi connectivity index (χ0) is 15.2. The minimum Gasteiger partial charge on any atom is -0.370 e. The number of hydrogen-bond acceptors (Lipinski definition) is 4. The first kappa shape index (κ1) is 20.6. The van der Waals surface area contributed by atoms with Gasteiger partial charge in [0.05, 0.1) is 0 Å². The molecule has 0 fully saturated rings. The molecule has 122 valence electrons. The maximum atomic E-state index is 12.1. The van der Waals surface area contributed by atoms with E-state index in [0.717, 1.165) is 0 Å². The predicted octanol–water partition coefficient (Wildman–Crippen LogP) is 1.55. The molecular formula is C12H23IN4O2S2. The number of aliphatic imine (C=N–C) groups is 1. The second-order valence-corrected chi connectivity index (χ2v) is 8.02. The average Bonchev–Trinajstić information content (AvgIpc) is 2.90. The molecule has 3 N–H and O–H groups in total. The van der Waals surface area contributed by atoms with Crippen LogP contribution in [0.3, 0.4) is 0 Å². The molecule has 0 bridgehead atoms. The third kappa shape index (κ3) is 6.94. The van der Waals surface area contributed by atoms with Gasteiger partial charge in [-0.15, -0.1) is 35.3 Å². The summed E-state index contributed by atoms with van der Waals surface area (Å²) in [6.07, 6.45) is 0. The van der Waals surface area contributed by atoms with Gasteiger partial charge < -0.3 is 11.1 Å². The molecule has 0 saturated heterocycles. The summed E-state index contributed by atoms with van der Waals surface area (Å²) >= 11 is 1.21. The Hall–Kier alpha value is -0.390. The number of rotatable bonds is 7. The highest BCUT2D eigenvalue weighted by atomic mass is 127. The molecule has 21 heavy (non-hydrogen) atoms. The number of guanidine groups is 1. The van der Waals surface area contributed by atoms with E-state index >= 15 is 0 Å². The van der Waals surface area contributed by atoms with E-state index in [1.165, 1.54) is 15.6 Å². The molecule has 0 aliphatic carbocycles. The SMILES string of the molecule is CC(C)CN=C(N)NCCN(C)S(=O)(=O)c1cccs1.I. The van der Waals surface area contributed by atoms with Crippen LogP contribution in [0.25, 0.3) is 0 Å². The molecule has 0 radical (unpaired) electrons. The zero-order valence-electron chi connectivity index (χ0n) is 12.4. The molecule has 6 nitrogen and oxygen atoms in total. The van der Waals surface area contributed by atoms with Gasteiger partial charge in [0.1, 0.15) is 4.21 Å². The summed E-state index contributed by atoms with van der Waals surface area (Å²) < 4.78 is 25.9. The molecule has 0 aliphatic heterocycles. The van der Waals surface area contributed by atoms with Crippen molar-refractivity contribution in [2.75, 3.05) is 26.7 Å². The largest absolute Gasteiger partial charge is 0.370 e.